The molecule has 6 nitrogen and oxygen atoms in total. The van der Waals surface area contributed by atoms with Crippen LogP contribution in [-0.2, 0) is 13.0 Å². The number of rotatable bonds is 4. The number of amides is 1. The van der Waals surface area contributed by atoms with Gasteiger partial charge in [-0.2, -0.15) is 5.10 Å². The molecule has 24 heavy (non-hydrogen) atoms. The molecule has 0 saturated carbocycles. The molecular weight excluding hydrogens is 304 g/mol. The smallest absolute Gasteiger partial charge is 0.269 e. The first-order valence-corrected chi connectivity index (χ1v) is 7.79. The number of hydrogen-bond donors (Lipinski definition) is 2. The van der Waals surface area contributed by atoms with Gasteiger partial charge in [-0.1, -0.05) is 12.1 Å². The lowest BCUT2D eigenvalue weighted by atomic mass is 10.0. The molecular formula is C18H16N4O2. The Kier molecular flexibility index (Phi) is 3.70. The molecule has 0 spiro atoms. The Morgan fingerprint density at radius 2 is 2.04 bits per heavy atom. The van der Waals surface area contributed by atoms with Crippen molar-refractivity contribution in [2.75, 3.05) is 6.54 Å². The molecule has 1 amide bonds. The predicted octanol–water partition coefficient (Wildman–Crippen LogP) is 2.34. The second-order valence-electron chi connectivity index (χ2n) is 5.57. The number of hydrogen-bond acceptors (Lipinski definition) is 4. The molecule has 0 fully saturated rings. The van der Waals surface area contributed by atoms with E-state index in [1.807, 2.05) is 36.4 Å². The topological polar surface area (TPSA) is 79.9 Å². The van der Waals surface area contributed by atoms with E-state index in [0.29, 0.717) is 18.8 Å². The van der Waals surface area contributed by atoms with E-state index in [2.05, 4.69) is 20.5 Å². The molecule has 120 valence electrons. The largest absolute Gasteiger partial charge is 0.488 e. The van der Waals surface area contributed by atoms with Crippen molar-refractivity contribution in [3.05, 3.63) is 65.6 Å². The molecule has 3 heterocycles. The van der Waals surface area contributed by atoms with Crippen LogP contribution < -0.4 is 10.1 Å². The maximum atomic E-state index is 12.4. The van der Waals surface area contributed by atoms with Gasteiger partial charge in [-0.3, -0.25) is 14.9 Å². The highest BCUT2D eigenvalue weighted by Crippen LogP contribution is 2.36. The first-order valence-electron chi connectivity index (χ1n) is 7.79. The molecule has 0 saturated heterocycles. The number of aromatic amines is 1. The highest BCUT2D eigenvalue weighted by molar-refractivity contribution is 5.96. The van der Waals surface area contributed by atoms with Crippen molar-refractivity contribution in [1.82, 2.24) is 20.5 Å². The van der Waals surface area contributed by atoms with Crippen LogP contribution in [0.3, 0.4) is 0 Å². The van der Waals surface area contributed by atoms with Gasteiger partial charge in [0, 0.05) is 30.1 Å². The lowest BCUT2D eigenvalue weighted by Crippen LogP contribution is -2.27. The van der Waals surface area contributed by atoms with Gasteiger partial charge in [-0.15, -0.1) is 0 Å². The van der Waals surface area contributed by atoms with E-state index in [9.17, 15) is 4.79 Å². The third kappa shape index (κ3) is 2.62. The molecule has 0 bridgehead atoms. The summed E-state index contributed by atoms with van der Waals surface area (Å²) in [5.74, 6) is 0.627. The average Bonchev–Trinajstić information content (AvgIpc) is 3.07. The minimum atomic E-state index is -0.166. The zero-order chi connectivity index (χ0) is 16.4. The van der Waals surface area contributed by atoms with Crippen molar-refractivity contribution in [1.29, 1.82) is 0 Å². The summed E-state index contributed by atoms with van der Waals surface area (Å²) >= 11 is 0. The number of pyridine rings is 1. The molecule has 2 N–H and O–H groups in total. The van der Waals surface area contributed by atoms with Gasteiger partial charge in [0.15, 0.2) is 0 Å². The van der Waals surface area contributed by atoms with E-state index >= 15 is 0 Å². The summed E-state index contributed by atoms with van der Waals surface area (Å²) in [6.45, 7) is 0.893. The maximum Gasteiger partial charge on any atom is 0.269 e. The third-order valence-corrected chi connectivity index (χ3v) is 4.06. The number of aromatic nitrogens is 3. The molecule has 3 aromatic rings. The maximum absolute atomic E-state index is 12.4. The minimum Gasteiger partial charge on any atom is -0.488 e. The highest BCUT2D eigenvalue weighted by atomic mass is 16.5. The third-order valence-electron chi connectivity index (χ3n) is 4.06. The van der Waals surface area contributed by atoms with E-state index in [-0.39, 0.29) is 5.91 Å². The van der Waals surface area contributed by atoms with Gasteiger partial charge < -0.3 is 10.1 Å². The van der Waals surface area contributed by atoms with Crippen molar-refractivity contribution in [3.63, 3.8) is 0 Å². The molecule has 1 aliphatic rings. The number of carbonyl (C=O) groups excluding carboxylic acids is 1. The Hall–Kier alpha value is -3.15. The fraction of sp³-hybridized carbons (Fsp3) is 0.167. The number of para-hydroxylation sites is 1. The van der Waals surface area contributed by atoms with Crippen LogP contribution in [0.4, 0.5) is 0 Å². The summed E-state index contributed by atoms with van der Waals surface area (Å²) in [6.07, 6.45) is 4.25. The molecule has 4 rings (SSSR count). The van der Waals surface area contributed by atoms with Gasteiger partial charge in [-0.05, 0) is 36.2 Å². The number of benzene rings is 1. The summed E-state index contributed by atoms with van der Waals surface area (Å²) in [5.41, 5.74) is 4.10. The highest BCUT2D eigenvalue weighted by Gasteiger charge is 2.25. The normalized spacial score (nSPS) is 12.0. The Labute approximate surface area is 138 Å². The van der Waals surface area contributed by atoms with Crippen LogP contribution in [-0.4, -0.2) is 27.6 Å². The summed E-state index contributed by atoms with van der Waals surface area (Å²) in [5, 5.41) is 10.1. The Balaban J connectivity index is 1.48. The van der Waals surface area contributed by atoms with E-state index in [0.717, 1.165) is 34.6 Å². The first-order chi connectivity index (χ1) is 11.8. The van der Waals surface area contributed by atoms with Gasteiger partial charge in [0.2, 0.25) is 0 Å². The summed E-state index contributed by atoms with van der Waals surface area (Å²) < 4.78 is 5.73. The van der Waals surface area contributed by atoms with E-state index in [1.165, 1.54) is 0 Å². The number of carbonyl (C=O) groups is 1. The lowest BCUT2D eigenvalue weighted by Gasteiger charge is -2.17. The number of fused-ring (bicyclic) bond motifs is 3. The summed E-state index contributed by atoms with van der Waals surface area (Å²) in [6, 6.07) is 11.6. The minimum absolute atomic E-state index is 0.166. The first kappa shape index (κ1) is 14.4. The van der Waals surface area contributed by atoms with Gasteiger partial charge in [-0.25, -0.2) is 0 Å². The number of nitrogens with one attached hydrogen (secondary N) is 2. The summed E-state index contributed by atoms with van der Waals surface area (Å²) in [7, 11) is 0. The molecule has 2 aromatic heterocycles. The predicted molar refractivity (Wildman–Crippen MR) is 88.6 cm³/mol. The fourth-order valence-electron chi connectivity index (χ4n) is 2.81. The van der Waals surface area contributed by atoms with Gasteiger partial charge in [0.05, 0.1) is 0 Å². The van der Waals surface area contributed by atoms with Crippen LogP contribution >= 0.6 is 0 Å². The average molecular weight is 320 g/mol. The van der Waals surface area contributed by atoms with E-state index in [4.69, 9.17) is 4.74 Å². The Bertz CT molecular complexity index is 874. The molecule has 6 heteroatoms. The van der Waals surface area contributed by atoms with Gasteiger partial charge in [0.25, 0.3) is 5.91 Å². The molecule has 0 atom stereocenters. The van der Waals surface area contributed by atoms with Crippen molar-refractivity contribution in [3.8, 4) is 17.0 Å². The monoisotopic (exact) mass is 320 g/mol. The van der Waals surface area contributed by atoms with Crippen LogP contribution in [0.15, 0.2) is 48.8 Å². The zero-order valence-electron chi connectivity index (χ0n) is 13.0. The van der Waals surface area contributed by atoms with Crippen molar-refractivity contribution in [2.45, 2.75) is 13.0 Å². The fourth-order valence-corrected chi connectivity index (χ4v) is 2.81. The van der Waals surface area contributed by atoms with Gasteiger partial charge in [0.1, 0.15) is 23.7 Å². The Morgan fingerprint density at radius 1 is 1.21 bits per heavy atom. The summed E-state index contributed by atoms with van der Waals surface area (Å²) in [4.78, 5) is 16.4. The van der Waals surface area contributed by atoms with Crippen molar-refractivity contribution in [2.24, 2.45) is 0 Å². The second kappa shape index (κ2) is 6.16. The van der Waals surface area contributed by atoms with Crippen LogP contribution in [0.5, 0.6) is 5.75 Å². The zero-order valence-corrected chi connectivity index (χ0v) is 13.0. The SMILES string of the molecule is O=C(NCCc1ccncc1)c1[nH]nc2c1COc1ccccc1-2. The number of nitrogens with zero attached hydrogens (tertiary/aromatic N) is 2. The number of H-pyrrole nitrogens is 1. The van der Waals surface area contributed by atoms with E-state index in [1.54, 1.807) is 12.4 Å². The van der Waals surface area contributed by atoms with Gasteiger partial charge >= 0.3 is 0 Å². The van der Waals surface area contributed by atoms with Crippen LogP contribution in [0, 0.1) is 0 Å². The van der Waals surface area contributed by atoms with E-state index < -0.39 is 0 Å². The standard InChI is InChI=1S/C18H16N4O2/c23-18(20-10-7-12-5-8-19-9-6-12)17-14-11-24-15-4-2-1-3-13(15)16(14)21-22-17/h1-6,8-9H,7,10-11H2,(H,20,23)(H,21,22). The van der Waals surface area contributed by atoms with Crippen LogP contribution in [0.1, 0.15) is 21.6 Å². The number of ether oxygens (including phenoxy) is 1. The molecule has 1 aliphatic heterocycles. The second-order valence-corrected chi connectivity index (χ2v) is 5.57. The van der Waals surface area contributed by atoms with Crippen molar-refractivity contribution >= 4 is 5.91 Å². The molecule has 0 radical (unpaired) electrons. The Morgan fingerprint density at radius 3 is 2.92 bits per heavy atom. The lowest BCUT2D eigenvalue weighted by molar-refractivity contribution is 0.0946. The van der Waals surface area contributed by atoms with Crippen LogP contribution in [0.2, 0.25) is 0 Å². The molecule has 1 aromatic carbocycles. The van der Waals surface area contributed by atoms with Crippen molar-refractivity contribution < 1.29 is 9.53 Å². The molecule has 0 unspecified atom stereocenters. The van der Waals surface area contributed by atoms with Crippen LogP contribution in [0.25, 0.3) is 11.3 Å². The molecule has 0 aliphatic carbocycles. The quantitative estimate of drug-likeness (QED) is 0.773.